The molecule has 0 spiro atoms. The van der Waals surface area contributed by atoms with E-state index < -0.39 is 0 Å². The van der Waals surface area contributed by atoms with Gasteiger partial charge >= 0.3 is 6.03 Å². The van der Waals surface area contributed by atoms with Crippen LogP contribution in [0.15, 0.2) is 48.5 Å². The third kappa shape index (κ3) is 3.36. The molecule has 2 aromatic rings. The Balaban J connectivity index is 2.06. The largest absolute Gasteiger partial charge is 0.323 e. The molecule has 0 aliphatic rings. The number of rotatable bonds is 2. The molecule has 0 aliphatic carbocycles. The van der Waals surface area contributed by atoms with Gasteiger partial charge in [-0.15, -0.1) is 0 Å². The number of benzene rings is 2. The lowest BCUT2D eigenvalue weighted by molar-refractivity contribution is 0.262. The van der Waals surface area contributed by atoms with Gasteiger partial charge in [-0.2, -0.15) is 0 Å². The lowest BCUT2D eigenvalue weighted by Gasteiger charge is -2.09. The van der Waals surface area contributed by atoms with E-state index in [9.17, 15) is 4.79 Å². The van der Waals surface area contributed by atoms with Gasteiger partial charge < -0.3 is 10.6 Å². The minimum absolute atomic E-state index is 0.313. The maximum atomic E-state index is 11.8. The van der Waals surface area contributed by atoms with Crippen molar-refractivity contribution in [2.75, 3.05) is 10.6 Å². The second-order valence-corrected chi connectivity index (χ2v) is 5.11. The minimum Gasteiger partial charge on any atom is -0.307 e. The van der Waals surface area contributed by atoms with Crippen molar-refractivity contribution in [2.45, 2.75) is 0 Å². The highest BCUT2D eigenvalue weighted by Gasteiger charge is 2.06. The van der Waals surface area contributed by atoms with E-state index >= 15 is 0 Å². The molecule has 2 rings (SSSR count). The second kappa shape index (κ2) is 6.06. The van der Waals surface area contributed by atoms with E-state index in [-0.39, 0.29) is 6.03 Å². The number of anilines is 2. The van der Waals surface area contributed by atoms with Crippen LogP contribution in [-0.4, -0.2) is 6.03 Å². The molecule has 3 nitrogen and oxygen atoms in total. The molecule has 0 saturated carbocycles. The van der Waals surface area contributed by atoms with Gasteiger partial charge in [0.2, 0.25) is 0 Å². The van der Waals surface area contributed by atoms with Crippen molar-refractivity contribution in [3.05, 3.63) is 57.1 Å². The van der Waals surface area contributed by atoms with E-state index in [1.54, 1.807) is 12.1 Å². The Hall–Kier alpha value is -1.27. The average molecular weight is 373 g/mol. The predicted octanol–water partition coefficient (Wildman–Crippen LogP) is 4.59. The summed E-state index contributed by atoms with van der Waals surface area (Å²) in [5.74, 6) is 0. The fraction of sp³-hybridized carbons (Fsp3) is 0. The van der Waals surface area contributed by atoms with Crippen LogP contribution in [0.25, 0.3) is 0 Å². The van der Waals surface area contributed by atoms with E-state index in [1.807, 2.05) is 36.4 Å². The Morgan fingerprint density at radius 2 is 1.50 bits per heavy atom. The molecule has 18 heavy (non-hydrogen) atoms. The Kier molecular flexibility index (Phi) is 4.43. The fourth-order valence-corrected chi connectivity index (χ4v) is 2.11. The summed E-state index contributed by atoms with van der Waals surface area (Å²) in [5.41, 5.74) is 1.35. The lowest BCUT2D eigenvalue weighted by Crippen LogP contribution is -2.20. The van der Waals surface area contributed by atoms with E-state index in [0.29, 0.717) is 10.7 Å². The van der Waals surface area contributed by atoms with Gasteiger partial charge in [0.15, 0.2) is 0 Å². The van der Waals surface area contributed by atoms with Crippen molar-refractivity contribution in [1.82, 2.24) is 0 Å². The van der Waals surface area contributed by atoms with Crippen LogP contribution in [0.3, 0.4) is 0 Å². The highest BCUT2D eigenvalue weighted by atomic mass is 127. The molecule has 0 saturated heterocycles. The van der Waals surface area contributed by atoms with Gasteiger partial charge in [-0.05, 0) is 46.9 Å². The molecule has 92 valence electrons. The van der Waals surface area contributed by atoms with Gasteiger partial charge in [0.25, 0.3) is 0 Å². The van der Waals surface area contributed by atoms with E-state index in [1.165, 1.54) is 0 Å². The first-order chi connectivity index (χ1) is 8.66. The van der Waals surface area contributed by atoms with E-state index in [4.69, 9.17) is 11.6 Å². The van der Waals surface area contributed by atoms with Crippen LogP contribution in [0.2, 0.25) is 5.02 Å². The van der Waals surface area contributed by atoms with Crippen molar-refractivity contribution < 1.29 is 4.79 Å². The summed E-state index contributed by atoms with van der Waals surface area (Å²) in [6, 6.07) is 14.3. The van der Waals surface area contributed by atoms with Crippen molar-refractivity contribution in [1.29, 1.82) is 0 Å². The average Bonchev–Trinajstić information content (AvgIpc) is 2.35. The number of nitrogens with one attached hydrogen (secondary N) is 2. The zero-order chi connectivity index (χ0) is 13.0. The number of carbonyl (C=O) groups excluding carboxylic acids is 1. The van der Waals surface area contributed by atoms with Gasteiger partial charge in [0.1, 0.15) is 0 Å². The number of amides is 2. The first kappa shape index (κ1) is 13.2. The molecule has 0 atom stereocenters. The SMILES string of the molecule is O=C(Nc1ccccc1Cl)Nc1ccccc1I. The highest BCUT2D eigenvalue weighted by Crippen LogP contribution is 2.21. The molecule has 0 aromatic heterocycles. The summed E-state index contributed by atoms with van der Waals surface area (Å²) in [6.45, 7) is 0. The molecule has 0 heterocycles. The van der Waals surface area contributed by atoms with Crippen LogP contribution in [0, 0.1) is 3.57 Å². The van der Waals surface area contributed by atoms with Crippen LogP contribution in [-0.2, 0) is 0 Å². The maximum absolute atomic E-state index is 11.8. The number of para-hydroxylation sites is 2. The zero-order valence-electron chi connectivity index (χ0n) is 9.28. The van der Waals surface area contributed by atoms with Crippen molar-refractivity contribution in [2.24, 2.45) is 0 Å². The van der Waals surface area contributed by atoms with Crippen LogP contribution in [0.5, 0.6) is 0 Å². The van der Waals surface area contributed by atoms with Crippen LogP contribution < -0.4 is 10.6 Å². The number of urea groups is 1. The Morgan fingerprint density at radius 3 is 2.17 bits per heavy atom. The second-order valence-electron chi connectivity index (χ2n) is 3.54. The molecule has 0 radical (unpaired) electrons. The van der Waals surface area contributed by atoms with Gasteiger partial charge in [-0.3, -0.25) is 0 Å². The molecule has 0 bridgehead atoms. The number of halogens is 2. The third-order valence-corrected chi connectivity index (χ3v) is 3.51. The smallest absolute Gasteiger partial charge is 0.307 e. The van der Waals surface area contributed by atoms with E-state index in [2.05, 4.69) is 33.2 Å². The highest BCUT2D eigenvalue weighted by molar-refractivity contribution is 14.1. The molecular weight excluding hydrogens is 363 g/mol. The van der Waals surface area contributed by atoms with Crippen molar-refractivity contribution in [3.63, 3.8) is 0 Å². The molecule has 2 N–H and O–H groups in total. The summed E-state index contributed by atoms with van der Waals surface area (Å²) in [5, 5.41) is 5.98. The molecule has 5 heteroatoms. The Labute approximate surface area is 124 Å². The predicted molar refractivity (Wildman–Crippen MR) is 83.3 cm³/mol. The molecule has 2 aromatic carbocycles. The van der Waals surface area contributed by atoms with Crippen LogP contribution >= 0.6 is 34.2 Å². The van der Waals surface area contributed by atoms with Crippen molar-refractivity contribution >= 4 is 51.6 Å². The molecule has 0 aliphatic heterocycles. The number of carbonyl (C=O) groups is 1. The van der Waals surface area contributed by atoms with Crippen molar-refractivity contribution in [3.8, 4) is 0 Å². The third-order valence-electron chi connectivity index (χ3n) is 2.24. The van der Waals surface area contributed by atoms with Gasteiger partial charge in [0, 0.05) is 3.57 Å². The zero-order valence-corrected chi connectivity index (χ0v) is 12.2. The molecule has 0 unspecified atom stereocenters. The topological polar surface area (TPSA) is 41.1 Å². The molecule has 2 amide bonds. The standard InChI is InChI=1S/C13H10ClIN2O/c14-9-5-1-3-7-11(9)16-13(18)17-12-8-4-2-6-10(12)15/h1-8H,(H2,16,17,18). The maximum Gasteiger partial charge on any atom is 0.323 e. The Morgan fingerprint density at radius 1 is 0.944 bits per heavy atom. The summed E-state index contributed by atoms with van der Waals surface area (Å²) < 4.78 is 0.976. The van der Waals surface area contributed by atoms with Gasteiger partial charge in [-0.1, -0.05) is 35.9 Å². The first-order valence-electron chi connectivity index (χ1n) is 5.24. The quantitative estimate of drug-likeness (QED) is 0.744. The summed E-state index contributed by atoms with van der Waals surface area (Å²) in [7, 11) is 0. The number of hydrogen-bond acceptors (Lipinski definition) is 1. The molecular formula is C13H10ClIN2O. The van der Waals surface area contributed by atoms with Gasteiger partial charge in [0.05, 0.1) is 16.4 Å². The summed E-state index contributed by atoms with van der Waals surface area (Å²) in [4.78, 5) is 11.8. The van der Waals surface area contributed by atoms with E-state index in [0.717, 1.165) is 9.26 Å². The Bertz CT molecular complexity index is 525. The monoisotopic (exact) mass is 372 g/mol. The minimum atomic E-state index is -0.313. The molecule has 0 fully saturated rings. The first-order valence-corrected chi connectivity index (χ1v) is 6.69. The van der Waals surface area contributed by atoms with Crippen LogP contribution in [0.1, 0.15) is 0 Å². The van der Waals surface area contributed by atoms with Gasteiger partial charge in [-0.25, -0.2) is 4.79 Å². The number of hydrogen-bond donors (Lipinski definition) is 2. The summed E-state index contributed by atoms with van der Waals surface area (Å²) in [6.07, 6.45) is 0. The fourth-order valence-electron chi connectivity index (χ4n) is 1.40. The normalized spacial score (nSPS) is 9.89. The lowest BCUT2D eigenvalue weighted by atomic mass is 10.3. The van der Waals surface area contributed by atoms with Crippen LogP contribution in [0.4, 0.5) is 16.2 Å². The summed E-state index contributed by atoms with van der Waals surface area (Å²) >= 11 is 8.12.